The van der Waals surface area contributed by atoms with Crippen LogP contribution in [-0.2, 0) is 28.6 Å². The van der Waals surface area contributed by atoms with Crippen LogP contribution in [0.1, 0.15) is 77.3 Å². The molecule has 0 aromatic heterocycles. The molecule has 2 atom stereocenters. The fourth-order valence-electron chi connectivity index (χ4n) is 4.99. The third-order valence-electron chi connectivity index (χ3n) is 6.76. The van der Waals surface area contributed by atoms with Gasteiger partial charge in [-0.05, 0) is 70.1 Å². The van der Waals surface area contributed by atoms with Crippen molar-refractivity contribution in [2.45, 2.75) is 72.3 Å². The van der Waals surface area contributed by atoms with E-state index in [1.165, 1.54) is 12.5 Å². The first-order valence-electron chi connectivity index (χ1n) is 12.8. The predicted octanol–water partition coefficient (Wildman–Crippen LogP) is 5.18. The van der Waals surface area contributed by atoms with Crippen molar-refractivity contribution < 1.29 is 28.6 Å². The highest BCUT2D eigenvalue weighted by atomic mass is 16.5. The minimum Gasteiger partial charge on any atom is -0.463 e. The number of hydrogen-bond acceptors (Lipinski definition) is 7. The summed E-state index contributed by atoms with van der Waals surface area (Å²) in [7, 11) is 0. The maximum atomic E-state index is 13.1. The third-order valence-corrected chi connectivity index (χ3v) is 6.76. The summed E-state index contributed by atoms with van der Waals surface area (Å²) in [5.41, 5.74) is 3.28. The van der Waals surface area contributed by atoms with Gasteiger partial charge in [0.25, 0.3) is 0 Å². The second kappa shape index (κ2) is 12.6. The van der Waals surface area contributed by atoms with Gasteiger partial charge >= 0.3 is 17.9 Å². The molecule has 0 amide bonds. The van der Waals surface area contributed by atoms with E-state index in [-0.39, 0.29) is 19.3 Å². The lowest BCUT2D eigenvalue weighted by molar-refractivity contribution is -0.147. The van der Waals surface area contributed by atoms with Crippen molar-refractivity contribution in [3.8, 4) is 0 Å². The van der Waals surface area contributed by atoms with Crippen molar-refractivity contribution in [3.63, 3.8) is 0 Å². The quantitative estimate of drug-likeness (QED) is 0.302. The Labute approximate surface area is 213 Å². The molecule has 0 saturated heterocycles. The molecule has 1 N–H and O–H groups in total. The molecule has 194 valence electrons. The van der Waals surface area contributed by atoms with E-state index < -0.39 is 23.8 Å². The topological polar surface area (TPSA) is 90.9 Å². The Morgan fingerprint density at radius 2 is 1.53 bits per heavy atom. The number of dihydropyridines is 1. The molecule has 0 spiro atoms. The Bertz CT molecular complexity index is 1040. The first-order valence-corrected chi connectivity index (χ1v) is 12.8. The number of hydrogen-bond donors (Lipinski definition) is 1. The summed E-state index contributed by atoms with van der Waals surface area (Å²) in [5, 5.41) is 3.14. The average molecular weight is 496 g/mol. The monoisotopic (exact) mass is 495 g/mol. The van der Waals surface area contributed by atoms with Gasteiger partial charge in [-0.15, -0.1) is 0 Å². The summed E-state index contributed by atoms with van der Waals surface area (Å²) < 4.78 is 16.4. The molecule has 7 nitrogen and oxygen atoms in total. The summed E-state index contributed by atoms with van der Waals surface area (Å²) in [4.78, 5) is 38.8. The predicted molar refractivity (Wildman–Crippen MR) is 138 cm³/mol. The molecule has 0 bridgehead atoms. The van der Waals surface area contributed by atoms with Gasteiger partial charge in [-0.25, -0.2) is 14.4 Å². The highest BCUT2D eigenvalue weighted by molar-refractivity contribution is 6.00. The van der Waals surface area contributed by atoms with Crippen LogP contribution in [0.25, 0.3) is 6.08 Å². The average Bonchev–Trinajstić information content (AvgIpc) is 2.84. The van der Waals surface area contributed by atoms with Crippen molar-refractivity contribution >= 4 is 24.0 Å². The zero-order chi connectivity index (χ0) is 26.2. The van der Waals surface area contributed by atoms with Crippen LogP contribution in [0.15, 0.2) is 52.9 Å². The van der Waals surface area contributed by atoms with Gasteiger partial charge in [-0.2, -0.15) is 0 Å². The number of allylic oxidation sites excluding steroid dienone is 2. The maximum absolute atomic E-state index is 13.1. The molecule has 1 saturated carbocycles. The van der Waals surface area contributed by atoms with Crippen LogP contribution in [-0.4, -0.2) is 37.2 Å². The van der Waals surface area contributed by atoms with E-state index in [1.54, 1.807) is 33.8 Å². The van der Waals surface area contributed by atoms with Gasteiger partial charge in [-0.1, -0.05) is 37.6 Å². The van der Waals surface area contributed by atoms with Gasteiger partial charge in [0.2, 0.25) is 0 Å². The Morgan fingerprint density at radius 3 is 2.11 bits per heavy atom. The molecule has 2 aliphatic rings. The van der Waals surface area contributed by atoms with Crippen LogP contribution >= 0.6 is 0 Å². The molecule has 1 aliphatic carbocycles. The van der Waals surface area contributed by atoms with E-state index in [1.807, 2.05) is 24.3 Å². The van der Waals surface area contributed by atoms with Crippen LogP contribution in [0.2, 0.25) is 0 Å². The smallest absolute Gasteiger partial charge is 0.336 e. The molecular formula is C29H37NO6. The molecule has 36 heavy (non-hydrogen) atoms. The number of esters is 3. The summed E-state index contributed by atoms with van der Waals surface area (Å²) in [6, 6.07) is 7.39. The van der Waals surface area contributed by atoms with E-state index in [4.69, 9.17) is 14.2 Å². The first kappa shape index (κ1) is 27.2. The number of nitrogens with one attached hydrogen (secondary N) is 1. The van der Waals surface area contributed by atoms with Gasteiger partial charge in [0, 0.05) is 17.5 Å². The zero-order valence-electron chi connectivity index (χ0n) is 21.9. The summed E-state index contributed by atoms with van der Waals surface area (Å²) in [6.45, 7) is 9.56. The second-order valence-electron chi connectivity index (χ2n) is 9.28. The Balaban J connectivity index is 2.01. The molecule has 1 heterocycles. The summed E-state index contributed by atoms with van der Waals surface area (Å²) >= 11 is 0. The van der Waals surface area contributed by atoms with Gasteiger partial charge in [-0.3, -0.25) is 0 Å². The largest absolute Gasteiger partial charge is 0.463 e. The van der Waals surface area contributed by atoms with Gasteiger partial charge in [0.1, 0.15) is 6.10 Å². The van der Waals surface area contributed by atoms with E-state index >= 15 is 0 Å². The molecular weight excluding hydrogens is 458 g/mol. The number of benzene rings is 1. The third kappa shape index (κ3) is 6.25. The lowest BCUT2D eigenvalue weighted by Gasteiger charge is -2.31. The highest BCUT2D eigenvalue weighted by Crippen LogP contribution is 2.41. The Kier molecular flexibility index (Phi) is 9.51. The standard InChI is InChI=1S/C29H37NO6/c1-6-34-28(32)25-19(4)30-20(5)26(29(33)35-7-2)27(25)22-14-10-9-13-21(22)16-17-24(31)36-23-15-11-8-12-18(23)3/h9-10,13-14,16-18,23,27,30H,6-8,11-12,15H2,1-5H3/b17-16+. The first-order chi connectivity index (χ1) is 17.3. The number of carbonyl (C=O) groups is 3. The number of ether oxygens (including phenoxy) is 3. The molecule has 1 fully saturated rings. The van der Waals surface area contributed by atoms with Crippen LogP contribution in [0.4, 0.5) is 0 Å². The van der Waals surface area contributed by atoms with Crippen molar-refractivity contribution in [1.29, 1.82) is 0 Å². The van der Waals surface area contributed by atoms with Gasteiger partial charge < -0.3 is 19.5 Å². The van der Waals surface area contributed by atoms with Crippen LogP contribution in [0.5, 0.6) is 0 Å². The maximum Gasteiger partial charge on any atom is 0.336 e. The van der Waals surface area contributed by atoms with Gasteiger partial charge in [0.15, 0.2) is 0 Å². The summed E-state index contributed by atoms with van der Waals surface area (Å²) in [6.07, 6.45) is 7.20. The molecule has 1 aliphatic heterocycles. The second-order valence-corrected chi connectivity index (χ2v) is 9.28. The van der Waals surface area contributed by atoms with Crippen molar-refractivity contribution in [2.75, 3.05) is 13.2 Å². The fourth-order valence-corrected chi connectivity index (χ4v) is 4.99. The molecule has 3 rings (SSSR count). The Morgan fingerprint density at radius 1 is 0.944 bits per heavy atom. The van der Waals surface area contributed by atoms with E-state index in [0.29, 0.717) is 39.6 Å². The van der Waals surface area contributed by atoms with Crippen molar-refractivity contribution in [2.24, 2.45) is 5.92 Å². The molecule has 0 radical (unpaired) electrons. The molecule has 2 unspecified atom stereocenters. The van der Waals surface area contributed by atoms with Crippen molar-refractivity contribution in [1.82, 2.24) is 5.32 Å². The molecule has 1 aromatic carbocycles. The SMILES string of the molecule is CCOC(=O)C1=C(C)NC(C)=C(C(=O)OCC)C1c1ccccc1/C=C/C(=O)OC1CCCCC1C. The van der Waals surface area contributed by atoms with Gasteiger partial charge in [0.05, 0.1) is 30.3 Å². The Hall–Kier alpha value is -3.35. The van der Waals surface area contributed by atoms with E-state index in [0.717, 1.165) is 19.3 Å². The van der Waals surface area contributed by atoms with Crippen LogP contribution < -0.4 is 5.32 Å². The minimum atomic E-state index is -0.723. The molecule has 7 heteroatoms. The molecule has 1 aromatic rings. The van der Waals surface area contributed by atoms with E-state index in [9.17, 15) is 14.4 Å². The minimum absolute atomic E-state index is 0.0717. The summed E-state index contributed by atoms with van der Waals surface area (Å²) in [5.74, 6) is -1.79. The number of carbonyl (C=O) groups excluding carboxylic acids is 3. The zero-order valence-corrected chi connectivity index (χ0v) is 21.9. The lowest BCUT2D eigenvalue weighted by Crippen LogP contribution is -2.32. The van der Waals surface area contributed by atoms with Crippen LogP contribution in [0.3, 0.4) is 0 Å². The normalized spacial score (nSPS) is 20.8. The lowest BCUT2D eigenvalue weighted by atomic mass is 9.78. The number of rotatable bonds is 8. The van der Waals surface area contributed by atoms with E-state index in [2.05, 4.69) is 12.2 Å². The van der Waals surface area contributed by atoms with Crippen LogP contribution in [0, 0.1) is 5.92 Å². The van der Waals surface area contributed by atoms with Crippen molar-refractivity contribution in [3.05, 3.63) is 64.0 Å². The highest BCUT2D eigenvalue weighted by Gasteiger charge is 2.38. The fraction of sp³-hybridized carbons (Fsp3) is 0.483.